The first kappa shape index (κ1) is 8.50. The van der Waals surface area contributed by atoms with Crippen LogP contribution in [0.3, 0.4) is 0 Å². The Morgan fingerprint density at radius 1 is 1.38 bits per heavy atom. The van der Waals surface area contributed by atoms with E-state index in [1.165, 1.54) is 0 Å². The Hall–Kier alpha value is -1.10. The largest absolute Gasteiger partial charge is 0.481 e. The smallest absolute Gasteiger partial charge is 0.336 e. The summed E-state index contributed by atoms with van der Waals surface area (Å²) in [5, 5.41) is 17.7. The second kappa shape index (κ2) is 2.45. The molecule has 2 bridgehead atoms. The second-order valence-electron chi connectivity index (χ2n) is 3.60. The van der Waals surface area contributed by atoms with Gasteiger partial charge in [0.1, 0.15) is 0 Å². The summed E-state index contributed by atoms with van der Waals surface area (Å²) < 4.78 is 5.21. The molecule has 0 radical (unpaired) electrons. The monoisotopic (exact) mass is 186 g/mol. The van der Waals surface area contributed by atoms with E-state index in [1.807, 2.05) is 0 Å². The highest BCUT2D eigenvalue weighted by atomic mass is 16.6. The maximum Gasteiger partial charge on any atom is 0.336 e. The van der Waals surface area contributed by atoms with E-state index in [9.17, 15) is 9.59 Å². The molecule has 0 aromatic rings. The first-order chi connectivity index (χ1) is 6.06. The van der Waals surface area contributed by atoms with Gasteiger partial charge in [0.2, 0.25) is 0 Å². The van der Waals surface area contributed by atoms with Crippen LogP contribution in [0.1, 0.15) is 19.3 Å². The van der Waals surface area contributed by atoms with Gasteiger partial charge in [-0.2, -0.15) is 0 Å². The van der Waals surface area contributed by atoms with Gasteiger partial charge in [-0.05, 0) is 19.3 Å². The van der Waals surface area contributed by atoms with Crippen molar-refractivity contribution in [2.75, 3.05) is 0 Å². The Bertz CT molecular complexity index is 274. The van der Waals surface area contributed by atoms with Crippen LogP contribution in [0.4, 0.5) is 0 Å². The number of aliphatic carboxylic acids is 2. The average molecular weight is 186 g/mol. The zero-order valence-electron chi connectivity index (χ0n) is 6.90. The molecule has 13 heavy (non-hydrogen) atoms. The van der Waals surface area contributed by atoms with Crippen LogP contribution in [0.5, 0.6) is 0 Å². The molecular weight excluding hydrogens is 176 g/mol. The number of fused-ring (bicyclic) bond motifs is 2. The van der Waals surface area contributed by atoms with Crippen LogP contribution in [0.25, 0.3) is 0 Å². The van der Waals surface area contributed by atoms with E-state index in [-0.39, 0.29) is 6.10 Å². The third-order valence-corrected chi connectivity index (χ3v) is 2.94. The zero-order valence-corrected chi connectivity index (χ0v) is 6.90. The SMILES string of the molecule is O=C(O)C1CC2CCC1(C(=O)O)O2. The number of hydrogen-bond donors (Lipinski definition) is 2. The van der Waals surface area contributed by atoms with Gasteiger partial charge in [0.05, 0.1) is 12.0 Å². The van der Waals surface area contributed by atoms with Gasteiger partial charge in [0.15, 0.2) is 5.60 Å². The van der Waals surface area contributed by atoms with Crippen LogP contribution in [0.2, 0.25) is 0 Å². The highest BCUT2D eigenvalue weighted by Gasteiger charge is 2.61. The highest BCUT2D eigenvalue weighted by Crippen LogP contribution is 2.47. The number of ether oxygens (including phenoxy) is 1. The molecule has 5 nitrogen and oxygen atoms in total. The lowest BCUT2D eigenvalue weighted by atomic mass is 9.78. The maximum absolute atomic E-state index is 10.9. The van der Waals surface area contributed by atoms with Crippen LogP contribution < -0.4 is 0 Å². The molecule has 2 fully saturated rings. The molecule has 3 atom stereocenters. The van der Waals surface area contributed by atoms with E-state index in [2.05, 4.69) is 0 Å². The molecule has 2 heterocycles. The molecule has 3 unspecified atom stereocenters. The number of hydrogen-bond acceptors (Lipinski definition) is 3. The van der Waals surface area contributed by atoms with Gasteiger partial charge in [-0.1, -0.05) is 0 Å². The summed E-state index contributed by atoms with van der Waals surface area (Å²) >= 11 is 0. The predicted octanol–water partition coefficient (Wildman–Crippen LogP) is 0.0933. The summed E-state index contributed by atoms with van der Waals surface area (Å²) in [7, 11) is 0. The number of carbonyl (C=O) groups is 2. The minimum Gasteiger partial charge on any atom is -0.481 e. The average Bonchev–Trinajstić information content (AvgIpc) is 2.60. The Kier molecular flexibility index (Phi) is 1.60. The van der Waals surface area contributed by atoms with E-state index >= 15 is 0 Å². The van der Waals surface area contributed by atoms with Crippen LogP contribution >= 0.6 is 0 Å². The minimum atomic E-state index is -1.43. The topological polar surface area (TPSA) is 83.8 Å². The molecule has 2 N–H and O–H groups in total. The molecule has 2 aliphatic heterocycles. The van der Waals surface area contributed by atoms with Crippen LogP contribution in [-0.2, 0) is 14.3 Å². The van der Waals surface area contributed by atoms with E-state index in [0.29, 0.717) is 19.3 Å². The van der Waals surface area contributed by atoms with Crippen LogP contribution in [0, 0.1) is 5.92 Å². The molecule has 0 aromatic carbocycles. The second-order valence-corrected chi connectivity index (χ2v) is 3.60. The minimum absolute atomic E-state index is 0.169. The molecule has 5 heteroatoms. The van der Waals surface area contributed by atoms with Crippen LogP contribution in [-0.4, -0.2) is 33.9 Å². The van der Waals surface area contributed by atoms with Crippen molar-refractivity contribution in [3.8, 4) is 0 Å². The van der Waals surface area contributed by atoms with Crippen molar-refractivity contribution >= 4 is 11.9 Å². The van der Waals surface area contributed by atoms with Gasteiger partial charge >= 0.3 is 11.9 Å². The summed E-state index contributed by atoms with van der Waals surface area (Å²) in [6.45, 7) is 0. The van der Waals surface area contributed by atoms with Gasteiger partial charge in [0.25, 0.3) is 0 Å². The fourth-order valence-corrected chi connectivity index (χ4v) is 2.27. The van der Waals surface area contributed by atoms with Gasteiger partial charge in [-0.3, -0.25) is 4.79 Å². The molecule has 2 rings (SSSR count). The molecule has 0 aliphatic carbocycles. The summed E-state index contributed by atoms with van der Waals surface area (Å²) in [6, 6.07) is 0. The lowest BCUT2D eigenvalue weighted by Crippen LogP contribution is -2.45. The summed E-state index contributed by atoms with van der Waals surface area (Å²) in [6.07, 6.45) is 1.15. The quantitative estimate of drug-likeness (QED) is 0.638. The van der Waals surface area contributed by atoms with E-state index < -0.39 is 23.5 Å². The maximum atomic E-state index is 10.9. The Morgan fingerprint density at radius 2 is 2.08 bits per heavy atom. The third kappa shape index (κ3) is 0.966. The summed E-state index contributed by atoms with van der Waals surface area (Å²) in [5.41, 5.74) is -1.43. The number of carboxylic acid groups (broad SMARTS) is 2. The normalized spacial score (nSPS) is 42.2. The van der Waals surface area contributed by atoms with Gasteiger partial charge in [-0.25, -0.2) is 4.79 Å². The van der Waals surface area contributed by atoms with Crippen molar-refractivity contribution in [1.82, 2.24) is 0 Å². The highest BCUT2D eigenvalue weighted by molar-refractivity contribution is 5.87. The van der Waals surface area contributed by atoms with Crippen molar-refractivity contribution in [3.63, 3.8) is 0 Å². The molecule has 72 valence electrons. The molecule has 0 amide bonds. The lowest BCUT2D eigenvalue weighted by molar-refractivity contribution is -0.169. The van der Waals surface area contributed by atoms with Crippen molar-refractivity contribution in [3.05, 3.63) is 0 Å². The Labute approximate surface area is 74.3 Å². The van der Waals surface area contributed by atoms with E-state index in [0.717, 1.165) is 0 Å². The van der Waals surface area contributed by atoms with Gasteiger partial charge < -0.3 is 14.9 Å². The Morgan fingerprint density at radius 3 is 2.46 bits per heavy atom. The van der Waals surface area contributed by atoms with E-state index in [1.54, 1.807) is 0 Å². The van der Waals surface area contributed by atoms with Crippen molar-refractivity contribution in [2.24, 2.45) is 5.92 Å². The molecule has 0 aromatic heterocycles. The van der Waals surface area contributed by atoms with Crippen molar-refractivity contribution in [1.29, 1.82) is 0 Å². The Balaban J connectivity index is 2.32. The van der Waals surface area contributed by atoms with Crippen molar-refractivity contribution in [2.45, 2.75) is 31.0 Å². The summed E-state index contributed by atoms with van der Waals surface area (Å²) in [5.74, 6) is -3.08. The predicted molar refractivity (Wildman–Crippen MR) is 40.2 cm³/mol. The first-order valence-electron chi connectivity index (χ1n) is 4.20. The van der Waals surface area contributed by atoms with Crippen LogP contribution in [0.15, 0.2) is 0 Å². The molecule has 0 spiro atoms. The molecule has 2 saturated heterocycles. The molecule has 0 saturated carbocycles. The number of carboxylic acids is 2. The van der Waals surface area contributed by atoms with Crippen molar-refractivity contribution < 1.29 is 24.5 Å². The van der Waals surface area contributed by atoms with Gasteiger partial charge in [0, 0.05) is 0 Å². The summed E-state index contributed by atoms with van der Waals surface area (Å²) in [4.78, 5) is 21.7. The zero-order chi connectivity index (χ0) is 9.64. The first-order valence-corrected chi connectivity index (χ1v) is 4.20. The molecule has 2 aliphatic rings. The molecular formula is C8H10O5. The standard InChI is InChI=1S/C8H10O5/c9-6(10)5-3-4-1-2-8(5,13-4)7(11)12/h4-5H,1-3H2,(H,9,10)(H,11,12). The van der Waals surface area contributed by atoms with E-state index in [4.69, 9.17) is 14.9 Å². The number of rotatable bonds is 2. The third-order valence-electron chi connectivity index (χ3n) is 2.94. The fraction of sp³-hybridized carbons (Fsp3) is 0.750. The fourth-order valence-electron chi connectivity index (χ4n) is 2.27. The lowest BCUT2D eigenvalue weighted by Gasteiger charge is -2.24. The van der Waals surface area contributed by atoms with Gasteiger partial charge in [-0.15, -0.1) is 0 Å².